The molecule has 2 nitrogen and oxygen atoms in total. The highest BCUT2D eigenvalue weighted by Gasteiger charge is 2.13. The first-order valence-corrected chi connectivity index (χ1v) is 6.54. The number of nitrogens with one attached hydrogen (secondary N) is 1. The molecule has 19 heavy (non-hydrogen) atoms. The van der Waals surface area contributed by atoms with E-state index in [0.717, 1.165) is 16.1 Å². The molecule has 0 radical (unpaired) electrons. The number of halogens is 3. The first-order chi connectivity index (χ1) is 9.08. The highest BCUT2D eigenvalue weighted by atomic mass is 79.9. The molecule has 5 heteroatoms. The van der Waals surface area contributed by atoms with Gasteiger partial charge in [0.05, 0.1) is 6.04 Å². The van der Waals surface area contributed by atoms with Crippen molar-refractivity contribution >= 4 is 15.9 Å². The van der Waals surface area contributed by atoms with Crippen LogP contribution in [0, 0.1) is 11.6 Å². The zero-order chi connectivity index (χ0) is 13.8. The van der Waals surface area contributed by atoms with Gasteiger partial charge in [0.15, 0.2) is 0 Å². The second kappa shape index (κ2) is 6.23. The standard InChI is InChI=1S/C14H13BrF2N2/c15-11-3-1-2-9(4-11)5-14(19-18)10-6-12(16)8-13(17)7-10/h1-4,6-8,14,19H,5,18H2. The van der Waals surface area contributed by atoms with Crippen molar-refractivity contribution in [3.63, 3.8) is 0 Å². The van der Waals surface area contributed by atoms with Crippen LogP contribution in [0.2, 0.25) is 0 Å². The Labute approximate surface area is 118 Å². The fourth-order valence-corrected chi connectivity index (χ4v) is 2.40. The third kappa shape index (κ3) is 3.83. The minimum atomic E-state index is -0.607. The van der Waals surface area contributed by atoms with Crippen molar-refractivity contribution < 1.29 is 8.78 Å². The Balaban J connectivity index is 2.24. The lowest BCUT2D eigenvalue weighted by atomic mass is 9.99. The maximum absolute atomic E-state index is 13.2. The molecule has 100 valence electrons. The molecule has 0 aliphatic heterocycles. The number of hydrazine groups is 1. The molecule has 0 aliphatic carbocycles. The van der Waals surface area contributed by atoms with Crippen LogP contribution in [0.5, 0.6) is 0 Å². The van der Waals surface area contributed by atoms with Gasteiger partial charge in [-0.15, -0.1) is 0 Å². The van der Waals surface area contributed by atoms with Gasteiger partial charge in [-0.05, 0) is 41.8 Å². The number of rotatable bonds is 4. The summed E-state index contributed by atoms with van der Waals surface area (Å²) < 4.78 is 27.4. The van der Waals surface area contributed by atoms with E-state index in [2.05, 4.69) is 21.4 Å². The minimum absolute atomic E-state index is 0.348. The van der Waals surface area contributed by atoms with Gasteiger partial charge in [-0.25, -0.2) is 8.78 Å². The van der Waals surface area contributed by atoms with Crippen LogP contribution in [-0.2, 0) is 6.42 Å². The number of nitrogens with two attached hydrogens (primary N) is 1. The van der Waals surface area contributed by atoms with Crippen molar-refractivity contribution in [3.8, 4) is 0 Å². The highest BCUT2D eigenvalue weighted by molar-refractivity contribution is 9.10. The van der Waals surface area contributed by atoms with E-state index in [1.165, 1.54) is 12.1 Å². The summed E-state index contributed by atoms with van der Waals surface area (Å²) in [6.07, 6.45) is 0.541. The van der Waals surface area contributed by atoms with Crippen LogP contribution < -0.4 is 11.3 Å². The van der Waals surface area contributed by atoms with Crippen molar-refractivity contribution in [1.29, 1.82) is 0 Å². The fourth-order valence-electron chi connectivity index (χ4n) is 1.95. The molecule has 0 bridgehead atoms. The van der Waals surface area contributed by atoms with Gasteiger partial charge in [-0.2, -0.15) is 0 Å². The largest absolute Gasteiger partial charge is 0.271 e. The normalized spacial score (nSPS) is 12.4. The zero-order valence-electron chi connectivity index (χ0n) is 10.0. The van der Waals surface area contributed by atoms with E-state index in [9.17, 15) is 8.78 Å². The molecule has 1 atom stereocenters. The third-order valence-corrected chi connectivity index (χ3v) is 3.31. The Morgan fingerprint density at radius 1 is 1.11 bits per heavy atom. The summed E-state index contributed by atoms with van der Waals surface area (Å²) in [7, 11) is 0. The van der Waals surface area contributed by atoms with Gasteiger partial charge in [0.1, 0.15) is 11.6 Å². The van der Waals surface area contributed by atoms with Crippen LogP contribution in [-0.4, -0.2) is 0 Å². The minimum Gasteiger partial charge on any atom is -0.271 e. The van der Waals surface area contributed by atoms with E-state index in [1.807, 2.05) is 24.3 Å². The zero-order valence-corrected chi connectivity index (χ0v) is 11.6. The molecule has 0 fully saturated rings. The van der Waals surface area contributed by atoms with Crippen molar-refractivity contribution in [3.05, 3.63) is 69.7 Å². The summed E-state index contributed by atoms with van der Waals surface area (Å²) in [6.45, 7) is 0. The predicted octanol–water partition coefficient (Wildman–Crippen LogP) is 3.47. The van der Waals surface area contributed by atoms with E-state index in [4.69, 9.17) is 5.84 Å². The number of benzene rings is 2. The Hall–Kier alpha value is -1.30. The SMILES string of the molecule is NNC(Cc1cccc(Br)c1)c1cc(F)cc(F)c1. The van der Waals surface area contributed by atoms with E-state index < -0.39 is 11.6 Å². The van der Waals surface area contributed by atoms with Gasteiger partial charge in [-0.1, -0.05) is 28.1 Å². The molecule has 0 heterocycles. The molecule has 2 rings (SSSR count). The van der Waals surface area contributed by atoms with Crippen LogP contribution in [0.15, 0.2) is 46.9 Å². The Morgan fingerprint density at radius 2 is 1.79 bits per heavy atom. The lowest BCUT2D eigenvalue weighted by Crippen LogP contribution is -2.29. The van der Waals surface area contributed by atoms with Crippen molar-refractivity contribution in [2.45, 2.75) is 12.5 Å². The fraction of sp³-hybridized carbons (Fsp3) is 0.143. The van der Waals surface area contributed by atoms with E-state index >= 15 is 0 Å². The number of hydrogen-bond acceptors (Lipinski definition) is 2. The second-order valence-corrected chi connectivity index (χ2v) is 5.17. The quantitative estimate of drug-likeness (QED) is 0.667. The highest BCUT2D eigenvalue weighted by Crippen LogP contribution is 2.21. The Morgan fingerprint density at radius 3 is 2.37 bits per heavy atom. The molecule has 2 aromatic rings. The molecule has 2 aromatic carbocycles. The van der Waals surface area contributed by atoms with Gasteiger partial charge in [0.2, 0.25) is 0 Å². The Bertz CT molecular complexity index is 555. The summed E-state index contributed by atoms with van der Waals surface area (Å²) in [5.74, 6) is 4.27. The third-order valence-electron chi connectivity index (χ3n) is 2.82. The summed E-state index contributed by atoms with van der Waals surface area (Å²) in [6, 6.07) is 10.8. The second-order valence-electron chi connectivity index (χ2n) is 4.26. The van der Waals surface area contributed by atoms with E-state index in [-0.39, 0.29) is 6.04 Å². The smallest absolute Gasteiger partial charge is 0.126 e. The monoisotopic (exact) mass is 326 g/mol. The van der Waals surface area contributed by atoms with Gasteiger partial charge < -0.3 is 0 Å². The molecule has 3 N–H and O–H groups in total. The van der Waals surface area contributed by atoms with Crippen molar-refractivity contribution in [1.82, 2.24) is 5.43 Å². The van der Waals surface area contributed by atoms with Crippen LogP contribution in [0.1, 0.15) is 17.2 Å². The predicted molar refractivity (Wildman–Crippen MR) is 74.3 cm³/mol. The molecular weight excluding hydrogens is 314 g/mol. The summed E-state index contributed by atoms with van der Waals surface area (Å²) in [4.78, 5) is 0. The van der Waals surface area contributed by atoms with Gasteiger partial charge in [-0.3, -0.25) is 11.3 Å². The molecule has 0 spiro atoms. The molecule has 0 saturated heterocycles. The summed E-state index contributed by atoms with van der Waals surface area (Å²) >= 11 is 3.38. The van der Waals surface area contributed by atoms with Gasteiger partial charge >= 0.3 is 0 Å². The van der Waals surface area contributed by atoms with Crippen molar-refractivity contribution in [2.75, 3.05) is 0 Å². The molecule has 0 amide bonds. The number of hydrogen-bond donors (Lipinski definition) is 2. The molecule has 0 aliphatic rings. The average molecular weight is 327 g/mol. The lowest BCUT2D eigenvalue weighted by molar-refractivity contribution is 0.530. The van der Waals surface area contributed by atoms with Crippen molar-refractivity contribution in [2.24, 2.45) is 5.84 Å². The molecular formula is C14H13BrF2N2. The first-order valence-electron chi connectivity index (χ1n) is 5.75. The maximum Gasteiger partial charge on any atom is 0.126 e. The molecule has 0 aromatic heterocycles. The van der Waals surface area contributed by atoms with E-state index in [0.29, 0.717) is 12.0 Å². The Kier molecular flexibility index (Phi) is 4.63. The lowest BCUT2D eigenvalue weighted by Gasteiger charge is -2.17. The average Bonchev–Trinajstić information content (AvgIpc) is 2.34. The molecule has 1 unspecified atom stereocenters. The first kappa shape index (κ1) is 14.1. The van der Waals surface area contributed by atoms with Gasteiger partial charge in [0, 0.05) is 10.5 Å². The topological polar surface area (TPSA) is 38.0 Å². The van der Waals surface area contributed by atoms with Crippen LogP contribution in [0.4, 0.5) is 8.78 Å². The summed E-state index contributed by atoms with van der Waals surface area (Å²) in [5, 5.41) is 0. The van der Waals surface area contributed by atoms with E-state index in [1.54, 1.807) is 0 Å². The maximum atomic E-state index is 13.2. The van der Waals surface area contributed by atoms with Crippen LogP contribution in [0.25, 0.3) is 0 Å². The van der Waals surface area contributed by atoms with Crippen LogP contribution in [0.3, 0.4) is 0 Å². The van der Waals surface area contributed by atoms with Gasteiger partial charge in [0.25, 0.3) is 0 Å². The summed E-state index contributed by atoms with van der Waals surface area (Å²) in [5.41, 5.74) is 4.09. The molecule has 0 saturated carbocycles. The van der Waals surface area contributed by atoms with Crippen LogP contribution >= 0.6 is 15.9 Å².